The molecule has 0 unspecified atom stereocenters. The standard InChI is InChI=1S/C6H13N3O/c1-7-4-5-8(2)9(3)6(7)10/h4-5H2,1-3H3. The molecule has 0 spiro atoms. The van der Waals surface area contributed by atoms with Gasteiger partial charge in [0.05, 0.1) is 0 Å². The number of carbonyl (C=O) groups is 1. The molecule has 0 atom stereocenters. The van der Waals surface area contributed by atoms with E-state index >= 15 is 0 Å². The van der Waals surface area contributed by atoms with E-state index in [1.54, 1.807) is 17.0 Å². The van der Waals surface area contributed by atoms with Crippen molar-refractivity contribution in [2.24, 2.45) is 0 Å². The summed E-state index contributed by atoms with van der Waals surface area (Å²) >= 11 is 0. The summed E-state index contributed by atoms with van der Waals surface area (Å²) in [5, 5.41) is 3.52. The lowest BCUT2D eigenvalue weighted by molar-refractivity contribution is 0.0113. The lowest BCUT2D eigenvalue weighted by Gasteiger charge is -2.37. The number of likely N-dealkylation sites (N-methyl/N-ethyl adjacent to an activating group) is 2. The summed E-state index contributed by atoms with van der Waals surface area (Å²) in [6.07, 6.45) is 0. The molecule has 0 N–H and O–H groups in total. The second kappa shape index (κ2) is 2.46. The quantitative estimate of drug-likeness (QED) is 0.470. The zero-order chi connectivity index (χ0) is 7.72. The van der Waals surface area contributed by atoms with Crippen LogP contribution in [0.5, 0.6) is 0 Å². The first-order valence-corrected chi connectivity index (χ1v) is 3.33. The van der Waals surface area contributed by atoms with Crippen molar-refractivity contribution in [1.29, 1.82) is 0 Å². The van der Waals surface area contributed by atoms with Gasteiger partial charge in [0, 0.05) is 34.2 Å². The van der Waals surface area contributed by atoms with E-state index < -0.39 is 0 Å². The summed E-state index contributed by atoms with van der Waals surface area (Å²) in [5.41, 5.74) is 0. The predicted molar refractivity (Wildman–Crippen MR) is 38.4 cm³/mol. The van der Waals surface area contributed by atoms with Crippen molar-refractivity contribution in [3.8, 4) is 0 Å². The van der Waals surface area contributed by atoms with Gasteiger partial charge in [-0.15, -0.1) is 0 Å². The number of rotatable bonds is 0. The molecule has 1 fully saturated rings. The van der Waals surface area contributed by atoms with E-state index in [2.05, 4.69) is 0 Å². The molecular formula is C6H13N3O. The van der Waals surface area contributed by atoms with Crippen molar-refractivity contribution in [2.75, 3.05) is 34.2 Å². The molecule has 0 aliphatic carbocycles. The van der Waals surface area contributed by atoms with Gasteiger partial charge in [0.25, 0.3) is 0 Å². The van der Waals surface area contributed by atoms with Gasteiger partial charge >= 0.3 is 6.03 Å². The van der Waals surface area contributed by atoms with Crippen molar-refractivity contribution in [3.63, 3.8) is 0 Å². The van der Waals surface area contributed by atoms with E-state index in [0.717, 1.165) is 13.1 Å². The van der Waals surface area contributed by atoms with E-state index in [1.165, 1.54) is 0 Å². The van der Waals surface area contributed by atoms with Gasteiger partial charge in [-0.25, -0.2) is 9.80 Å². The van der Waals surface area contributed by atoms with Crippen LogP contribution in [0.15, 0.2) is 0 Å². The molecule has 0 bridgehead atoms. The summed E-state index contributed by atoms with van der Waals surface area (Å²) in [6, 6.07) is 0.0637. The summed E-state index contributed by atoms with van der Waals surface area (Å²) < 4.78 is 0. The number of hydrogen-bond acceptors (Lipinski definition) is 2. The summed E-state index contributed by atoms with van der Waals surface area (Å²) in [6.45, 7) is 1.73. The minimum atomic E-state index is 0.0637. The number of amides is 2. The molecule has 1 heterocycles. The van der Waals surface area contributed by atoms with E-state index in [-0.39, 0.29) is 6.03 Å². The SMILES string of the molecule is CN1CCN(C)N(C)C1=O. The molecule has 0 aromatic rings. The van der Waals surface area contributed by atoms with Gasteiger partial charge in [-0.3, -0.25) is 5.01 Å². The zero-order valence-corrected chi connectivity index (χ0v) is 6.66. The van der Waals surface area contributed by atoms with Crippen LogP contribution in [-0.4, -0.2) is 55.2 Å². The molecule has 58 valence electrons. The van der Waals surface area contributed by atoms with Crippen LogP contribution in [0, 0.1) is 0 Å². The first-order valence-electron chi connectivity index (χ1n) is 3.33. The molecule has 1 saturated heterocycles. The van der Waals surface area contributed by atoms with Crippen molar-refractivity contribution in [1.82, 2.24) is 14.9 Å². The molecule has 1 aliphatic heterocycles. The normalized spacial score (nSPS) is 22.1. The molecule has 0 radical (unpaired) electrons. The Bertz CT molecular complexity index is 148. The average molecular weight is 143 g/mol. The Morgan fingerprint density at radius 2 is 1.80 bits per heavy atom. The Hall–Kier alpha value is -0.770. The Morgan fingerprint density at radius 1 is 1.20 bits per heavy atom. The van der Waals surface area contributed by atoms with Crippen LogP contribution in [0.4, 0.5) is 4.79 Å². The minimum absolute atomic E-state index is 0.0637. The second-order valence-electron chi connectivity index (χ2n) is 2.61. The molecule has 0 aromatic heterocycles. The first-order chi connectivity index (χ1) is 4.63. The van der Waals surface area contributed by atoms with Crippen LogP contribution in [0.25, 0.3) is 0 Å². The Morgan fingerprint density at radius 3 is 2.30 bits per heavy atom. The molecule has 10 heavy (non-hydrogen) atoms. The van der Waals surface area contributed by atoms with E-state index in [9.17, 15) is 4.79 Å². The summed E-state index contributed by atoms with van der Waals surface area (Å²) in [7, 11) is 5.49. The third-order valence-corrected chi connectivity index (χ3v) is 1.87. The maximum atomic E-state index is 11.1. The lowest BCUT2D eigenvalue weighted by atomic mass is 10.5. The van der Waals surface area contributed by atoms with Crippen molar-refractivity contribution in [3.05, 3.63) is 0 Å². The molecule has 2 amide bonds. The molecule has 4 nitrogen and oxygen atoms in total. The van der Waals surface area contributed by atoms with Crippen LogP contribution in [-0.2, 0) is 0 Å². The highest BCUT2D eigenvalue weighted by Crippen LogP contribution is 2.03. The van der Waals surface area contributed by atoms with Crippen molar-refractivity contribution >= 4 is 6.03 Å². The molecule has 4 heteroatoms. The Balaban J connectivity index is 2.60. The van der Waals surface area contributed by atoms with Gasteiger partial charge in [0.2, 0.25) is 0 Å². The molecular weight excluding hydrogens is 130 g/mol. The maximum absolute atomic E-state index is 11.1. The topological polar surface area (TPSA) is 26.8 Å². The van der Waals surface area contributed by atoms with Gasteiger partial charge in [-0.1, -0.05) is 0 Å². The highest BCUT2D eigenvalue weighted by molar-refractivity contribution is 5.73. The van der Waals surface area contributed by atoms with Crippen LogP contribution in [0.3, 0.4) is 0 Å². The highest BCUT2D eigenvalue weighted by atomic mass is 16.2. The minimum Gasteiger partial charge on any atom is -0.325 e. The van der Waals surface area contributed by atoms with Gasteiger partial charge in [0.15, 0.2) is 0 Å². The number of hydrazine groups is 1. The van der Waals surface area contributed by atoms with Crippen LogP contribution >= 0.6 is 0 Å². The molecule has 0 aromatic carbocycles. The second-order valence-corrected chi connectivity index (χ2v) is 2.61. The van der Waals surface area contributed by atoms with Gasteiger partial charge in [-0.05, 0) is 0 Å². The van der Waals surface area contributed by atoms with E-state index in [1.807, 2.05) is 19.1 Å². The van der Waals surface area contributed by atoms with Gasteiger partial charge in [-0.2, -0.15) is 0 Å². The average Bonchev–Trinajstić information content (AvgIpc) is 1.93. The number of carbonyl (C=O) groups excluding carboxylic acids is 1. The van der Waals surface area contributed by atoms with E-state index in [4.69, 9.17) is 0 Å². The maximum Gasteiger partial charge on any atom is 0.334 e. The summed E-state index contributed by atoms with van der Waals surface area (Å²) in [4.78, 5) is 12.9. The fraction of sp³-hybridized carbons (Fsp3) is 0.833. The van der Waals surface area contributed by atoms with Crippen molar-refractivity contribution in [2.45, 2.75) is 0 Å². The first kappa shape index (κ1) is 7.34. The van der Waals surface area contributed by atoms with Crippen LogP contribution in [0.2, 0.25) is 0 Å². The van der Waals surface area contributed by atoms with Crippen molar-refractivity contribution < 1.29 is 4.79 Å². The summed E-state index contributed by atoms with van der Waals surface area (Å²) in [5.74, 6) is 0. The van der Waals surface area contributed by atoms with Crippen LogP contribution < -0.4 is 0 Å². The lowest BCUT2D eigenvalue weighted by Crippen LogP contribution is -2.55. The number of urea groups is 1. The van der Waals surface area contributed by atoms with Gasteiger partial charge < -0.3 is 4.90 Å². The fourth-order valence-corrected chi connectivity index (χ4v) is 0.933. The van der Waals surface area contributed by atoms with E-state index in [0.29, 0.717) is 0 Å². The Labute approximate surface area is 61.0 Å². The number of nitrogens with zero attached hydrogens (tertiary/aromatic N) is 3. The highest BCUT2D eigenvalue weighted by Gasteiger charge is 2.22. The Kier molecular flexibility index (Phi) is 1.80. The fourth-order valence-electron chi connectivity index (χ4n) is 0.933. The molecule has 1 aliphatic rings. The molecule has 0 saturated carbocycles. The third kappa shape index (κ3) is 1.07. The monoisotopic (exact) mass is 143 g/mol. The smallest absolute Gasteiger partial charge is 0.325 e. The third-order valence-electron chi connectivity index (χ3n) is 1.87. The predicted octanol–water partition coefficient (Wildman–Crippen LogP) is -0.170. The largest absolute Gasteiger partial charge is 0.334 e. The number of hydrogen-bond donors (Lipinski definition) is 0. The van der Waals surface area contributed by atoms with Crippen LogP contribution in [0.1, 0.15) is 0 Å². The van der Waals surface area contributed by atoms with Gasteiger partial charge in [0.1, 0.15) is 0 Å². The molecule has 1 rings (SSSR count). The zero-order valence-electron chi connectivity index (χ0n) is 6.66.